The lowest BCUT2D eigenvalue weighted by atomic mass is 9.97. The molecule has 19 heavy (non-hydrogen) atoms. The number of ether oxygens (including phenoxy) is 1. The summed E-state index contributed by atoms with van der Waals surface area (Å²) in [6.07, 6.45) is 5.67. The summed E-state index contributed by atoms with van der Waals surface area (Å²) in [5.74, 6) is 0.888. The molecule has 0 radical (unpaired) electrons. The predicted molar refractivity (Wildman–Crippen MR) is 80.8 cm³/mol. The third-order valence-electron chi connectivity index (χ3n) is 3.58. The Morgan fingerprint density at radius 2 is 2.00 bits per heavy atom. The maximum atomic E-state index is 11.9. The summed E-state index contributed by atoms with van der Waals surface area (Å²) >= 11 is 0. The third kappa shape index (κ3) is 7.75. The number of hydrogen-bond acceptors (Lipinski definition) is 3. The van der Waals surface area contributed by atoms with Gasteiger partial charge in [0, 0.05) is 19.7 Å². The van der Waals surface area contributed by atoms with Crippen LogP contribution in [-0.4, -0.2) is 50.7 Å². The summed E-state index contributed by atoms with van der Waals surface area (Å²) in [4.78, 5) is 13.8. The number of rotatable bonds is 8. The summed E-state index contributed by atoms with van der Waals surface area (Å²) in [5.41, 5.74) is 0. The zero-order chi connectivity index (χ0) is 13.2. The first-order valence-electron chi connectivity index (χ1n) is 7.28. The molecule has 1 fully saturated rings. The van der Waals surface area contributed by atoms with Crippen LogP contribution in [0.1, 0.15) is 39.0 Å². The quantitative estimate of drug-likeness (QED) is 0.697. The van der Waals surface area contributed by atoms with E-state index in [1.54, 1.807) is 0 Å². The van der Waals surface area contributed by atoms with Crippen LogP contribution in [0.2, 0.25) is 0 Å². The monoisotopic (exact) mass is 292 g/mol. The molecule has 1 amide bonds. The van der Waals surface area contributed by atoms with E-state index in [0.717, 1.165) is 51.4 Å². The van der Waals surface area contributed by atoms with Crippen molar-refractivity contribution in [2.24, 2.45) is 5.92 Å². The number of piperidine rings is 1. The number of carbonyl (C=O) groups excluding carboxylic acids is 1. The SMILES string of the molecule is CCCCCOCC(=O)N1CCC(CNC)CC1.Cl. The molecule has 0 atom stereocenters. The molecule has 1 saturated heterocycles. The normalized spacial score (nSPS) is 16.2. The Bertz CT molecular complexity index is 231. The van der Waals surface area contributed by atoms with Crippen molar-refractivity contribution in [3.05, 3.63) is 0 Å². The van der Waals surface area contributed by atoms with Crippen LogP contribution in [0.15, 0.2) is 0 Å². The highest BCUT2D eigenvalue weighted by Crippen LogP contribution is 2.16. The second-order valence-corrected chi connectivity index (χ2v) is 5.14. The molecule has 5 heteroatoms. The molecule has 0 aliphatic carbocycles. The summed E-state index contributed by atoms with van der Waals surface area (Å²) in [6.45, 7) is 6.00. The van der Waals surface area contributed by atoms with Gasteiger partial charge < -0.3 is 15.0 Å². The van der Waals surface area contributed by atoms with Crippen LogP contribution in [0.5, 0.6) is 0 Å². The standard InChI is InChI=1S/C14H28N2O2.ClH/c1-3-4-5-10-18-12-14(17)16-8-6-13(7-9-16)11-15-2;/h13,15H,3-12H2,1-2H3;1H. The van der Waals surface area contributed by atoms with Gasteiger partial charge in [-0.2, -0.15) is 0 Å². The van der Waals surface area contributed by atoms with Gasteiger partial charge in [-0.15, -0.1) is 12.4 Å². The molecule has 0 aromatic rings. The fraction of sp³-hybridized carbons (Fsp3) is 0.929. The van der Waals surface area contributed by atoms with Crippen molar-refractivity contribution in [1.82, 2.24) is 10.2 Å². The molecule has 0 aromatic heterocycles. The van der Waals surface area contributed by atoms with E-state index >= 15 is 0 Å². The minimum Gasteiger partial charge on any atom is -0.372 e. The first-order chi connectivity index (χ1) is 8.77. The zero-order valence-corrected chi connectivity index (χ0v) is 13.1. The van der Waals surface area contributed by atoms with Crippen LogP contribution in [0.3, 0.4) is 0 Å². The van der Waals surface area contributed by atoms with Crippen LogP contribution in [0.25, 0.3) is 0 Å². The van der Waals surface area contributed by atoms with Gasteiger partial charge in [0.1, 0.15) is 6.61 Å². The zero-order valence-electron chi connectivity index (χ0n) is 12.3. The van der Waals surface area contributed by atoms with Gasteiger partial charge in [-0.05, 0) is 38.8 Å². The molecule has 0 unspecified atom stereocenters. The van der Waals surface area contributed by atoms with E-state index < -0.39 is 0 Å². The highest BCUT2D eigenvalue weighted by atomic mass is 35.5. The summed E-state index contributed by atoms with van der Waals surface area (Å²) in [5, 5.41) is 3.21. The summed E-state index contributed by atoms with van der Waals surface area (Å²) in [7, 11) is 1.99. The second-order valence-electron chi connectivity index (χ2n) is 5.14. The average molecular weight is 293 g/mol. The molecule has 1 rings (SSSR count). The van der Waals surface area contributed by atoms with E-state index in [0.29, 0.717) is 0 Å². The Balaban J connectivity index is 0.00000324. The molecule has 1 N–H and O–H groups in total. The van der Waals surface area contributed by atoms with Gasteiger partial charge in [-0.25, -0.2) is 0 Å². The van der Waals surface area contributed by atoms with Crippen LogP contribution >= 0.6 is 12.4 Å². The van der Waals surface area contributed by atoms with Crippen molar-refractivity contribution in [2.45, 2.75) is 39.0 Å². The van der Waals surface area contributed by atoms with Crippen LogP contribution < -0.4 is 5.32 Å². The van der Waals surface area contributed by atoms with Crippen LogP contribution in [0.4, 0.5) is 0 Å². The Morgan fingerprint density at radius 3 is 2.58 bits per heavy atom. The Labute approximate surface area is 123 Å². The molecule has 4 nitrogen and oxygen atoms in total. The van der Waals surface area contributed by atoms with Crippen molar-refractivity contribution in [3.63, 3.8) is 0 Å². The van der Waals surface area contributed by atoms with E-state index in [1.165, 1.54) is 12.8 Å². The summed E-state index contributed by atoms with van der Waals surface area (Å²) < 4.78 is 5.42. The molecule has 1 aliphatic heterocycles. The molecule has 1 aliphatic rings. The minimum absolute atomic E-state index is 0. The lowest BCUT2D eigenvalue weighted by Crippen LogP contribution is -2.42. The van der Waals surface area contributed by atoms with E-state index in [1.807, 2.05) is 11.9 Å². The number of nitrogens with one attached hydrogen (secondary N) is 1. The fourth-order valence-corrected chi connectivity index (χ4v) is 2.38. The van der Waals surface area contributed by atoms with E-state index in [4.69, 9.17) is 4.74 Å². The molecule has 0 saturated carbocycles. The van der Waals surface area contributed by atoms with Gasteiger partial charge >= 0.3 is 0 Å². The Kier molecular flexibility index (Phi) is 11.3. The van der Waals surface area contributed by atoms with Crippen LogP contribution in [-0.2, 0) is 9.53 Å². The molecule has 1 heterocycles. The van der Waals surface area contributed by atoms with E-state index in [-0.39, 0.29) is 24.9 Å². The molecular formula is C14H29ClN2O2. The molecule has 0 aromatic carbocycles. The van der Waals surface area contributed by atoms with E-state index in [9.17, 15) is 4.79 Å². The Morgan fingerprint density at radius 1 is 1.32 bits per heavy atom. The van der Waals surface area contributed by atoms with Gasteiger partial charge in [0.05, 0.1) is 0 Å². The minimum atomic E-state index is 0. The van der Waals surface area contributed by atoms with Gasteiger partial charge in [0.2, 0.25) is 5.91 Å². The van der Waals surface area contributed by atoms with Gasteiger partial charge in [0.15, 0.2) is 0 Å². The highest BCUT2D eigenvalue weighted by molar-refractivity contribution is 5.85. The van der Waals surface area contributed by atoms with Crippen LogP contribution in [0, 0.1) is 5.92 Å². The molecular weight excluding hydrogens is 264 g/mol. The average Bonchev–Trinajstić information content (AvgIpc) is 2.39. The van der Waals surface area contributed by atoms with Gasteiger partial charge in [-0.1, -0.05) is 19.8 Å². The number of halogens is 1. The molecule has 0 spiro atoms. The first kappa shape index (κ1) is 18.7. The smallest absolute Gasteiger partial charge is 0.248 e. The number of hydrogen-bond donors (Lipinski definition) is 1. The number of carbonyl (C=O) groups is 1. The highest BCUT2D eigenvalue weighted by Gasteiger charge is 2.21. The number of amides is 1. The fourth-order valence-electron chi connectivity index (χ4n) is 2.38. The number of unbranched alkanes of at least 4 members (excludes halogenated alkanes) is 2. The molecule has 0 bridgehead atoms. The maximum Gasteiger partial charge on any atom is 0.248 e. The lowest BCUT2D eigenvalue weighted by Gasteiger charge is -2.31. The van der Waals surface area contributed by atoms with E-state index in [2.05, 4.69) is 12.2 Å². The lowest BCUT2D eigenvalue weighted by molar-refractivity contribution is -0.137. The van der Waals surface area contributed by atoms with Gasteiger partial charge in [0.25, 0.3) is 0 Å². The largest absolute Gasteiger partial charge is 0.372 e. The summed E-state index contributed by atoms with van der Waals surface area (Å²) in [6, 6.07) is 0. The second kappa shape index (κ2) is 11.5. The molecule has 114 valence electrons. The predicted octanol–water partition coefficient (Wildman–Crippen LogP) is 2.07. The van der Waals surface area contributed by atoms with Crippen molar-refractivity contribution < 1.29 is 9.53 Å². The maximum absolute atomic E-state index is 11.9. The van der Waals surface area contributed by atoms with Gasteiger partial charge in [-0.3, -0.25) is 4.79 Å². The first-order valence-corrected chi connectivity index (χ1v) is 7.28. The van der Waals surface area contributed by atoms with Crippen molar-refractivity contribution in [3.8, 4) is 0 Å². The van der Waals surface area contributed by atoms with Crippen molar-refractivity contribution in [1.29, 1.82) is 0 Å². The topological polar surface area (TPSA) is 41.6 Å². The number of nitrogens with zero attached hydrogens (tertiary/aromatic N) is 1. The van der Waals surface area contributed by atoms with Crippen molar-refractivity contribution in [2.75, 3.05) is 39.9 Å². The van der Waals surface area contributed by atoms with Crippen molar-refractivity contribution >= 4 is 18.3 Å². The Hall–Kier alpha value is -0.320. The number of likely N-dealkylation sites (tertiary alicyclic amines) is 1. The third-order valence-corrected chi connectivity index (χ3v) is 3.58.